The highest BCUT2D eigenvalue weighted by atomic mass is 32.2. The summed E-state index contributed by atoms with van der Waals surface area (Å²) in [5, 5.41) is 7.77. The number of alkyl halides is 3. The molecule has 1 fully saturated rings. The minimum atomic E-state index is -4.73. The molecule has 0 bridgehead atoms. The molecule has 3 aromatic heterocycles. The van der Waals surface area contributed by atoms with Crippen LogP contribution in [-0.2, 0) is 18.7 Å². The highest BCUT2D eigenvalue weighted by Crippen LogP contribution is 2.26. The predicted octanol–water partition coefficient (Wildman–Crippen LogP) is 6.13. The lowest BCUT2D eigenvalue weighted by atomic mass is 10.3. The SMILES string of the molecule is Cc1cc(Nc2ccc(OC(F)(F)F)cc2)n2nc(CCCSCc3ccc(CN4CCCC4)o3)nc2n1. The maximum Gasteiger partial charge on any atom is 0.573 e. The highest BCUT2D eigenvalue weighted by molar-refractivity contribution is 7.98. The molecular weight excluding hydrogens is 517 g/mol. The standard InChI is InChI=1S/C26H29F3N6O2S/c1-18-15-24(31-19-6-8-20(9-7-19)37-26(27,28)29)35-25(30-18)32-23(33-35)5-4-14-38-17-22-11-10-21(36-22)16-34-12-2-3-13-34/h6-11,15,31H,2-5,12-14,16-17H2,1H3. The first-order valence-electron chi connectivity index (χ1n) is 12.5. The highest BCUT2D eigenvalue weighted by Gasteiger charge is 2.31. The summed E-state index contributed by atoms with van der Waals surface area (Å²) in [6, 6.07) is 11.5. The van der Waals surface area contributed by atoms with Crippen molar-refractivity contribution < 1.29 is 22.3 Å². The third-order valence-corrected chi connectivity index (χ3v) is 7.14. The van der Waals surface area contributed by atoms with E-state index in [1.165, 1.54) is 37.1 Å². The summed E-state index contributed by atoms with van der Waals surface area (Å²) in [7, 11) is 0. The van der Waals surface area contributed by atoms with Gasteiger partial charge in [0.25, 0.3) is 5.78 Å². The second kappa shape index (κ2) is 11.6. The number of rotatable bonds is 11. The van der Waals surface area contributed by atoms with Crippen LogP contribution in [0, 0.1) is 6.92 Å². The number of halogens is 3. The molecule has 0 aliphatic carbocycles. The zero-order valence-electron chi connectivity index (χ0n) is 21.0. The van der Waals surface area contributed by atoms with E-state index in [9.17, 15) is 13.2 Å². The molecule has 0 radical (unpaired) electrons. The van der Waals surface area contributed by atoms with Gasteiger partial charge >= 0.3 is 6.36 Å². The Morgan fingerprint density at radius 1 is 1.05 bits per heavy atom. The lowest BCUT2D eigenvalue weighted by molar-refractivity contribution is -0.274. The van der Waals surface area contributed by atoms with E-state index in [1.54, 1.807) is 4.52 Å². The van der Waals surface area contributed by atoms with Crippen molar-refractivity contribution in [2.75, 3.05) is 24.2 Å². The molecule has 0 amide bonds. The van der Waals surface area contributed by atoms with Crippen molar-refractivity contribution in [1.29, 1.82) is 0 Å². The Morgan fingerprint density at radius 3 is 2.58 bits per heavy atom. The molecule has 0 atom stereocenters. The van der Waals surface area contributed by atoms with Crippen LogP contribution in [0.3, 0.4) is 0 Å². The van der Waals surface area contributed by atoms with E-state index in [0.29, 0.717) is 29.5 Å². The minimum absolute atomic E-state index is 0.283. The van der Waals surface area contributed by atoms with E-state index in [4.69, 9.17) is 4.42 Å². The van der Waals surface area contributed by atoms with Crippen LogP contribution in [0.15, 0.2) is 46.9 Å². The van der Waals surface area contributed by atoms with Crippen LogP contribution >= 0.6 is 11.8 Å². The van der Waals surface area contributed by atoms with Gasteiger partial charge in [0.2, 0.25) is 0 Å². The van der Waals surface area contributed by atoms with E-state index in [2.05, 4.69) is 42.2 Å². The third-order valence-electron chi connectivity index (χ3n) is 6.07. The van der Waals surface area contributed by atoms with Gasteiger partial charge in [-0.25, -0.2) is 4.98 Å². The van der Waals surface area contributed by atoms with Gasteiger partial charge in [-0.2, -0.15) is 21.3 Å². The van der Waals surface area contributed by atoms with Crippen LogP contribution in [0.5, 0.6) is 5.75 Å². The second-order valence-corrected chi connectivity index (χ2v) is 10.3. The number of benzene rings is 1. The average Bonchev–Trinajstić information content (AvgIpc) is 3.61. The summed E-state index contributed by atoms with van der Waals surface area (Å²) in [5.74, 6) is 5.31. The zero-order valence-corrected chi connectivity index (χ0v) is 21.8. The van der Waals surface area contributed by atoms with Gasteiger partial charge in [-0.05, 0) is 81.4 Å². The van der Waals surface area contributed by atoms with Crippen molar-refractivity contribution in [3.05, 3.63) is 65.5 Å². The number of anilines is 2. The van der Waals surface area contributed by atoms with E-state index in [0.717, 1.165) is 54.8 Å². The molecule has 4 heterocycles. The van der Waals surface area contributed by atoms with Crippen molar-refractivity contribution in [3.8, 4) is 5.75 Å². The van der Waals surface area contributed by atoms with Crippen molar-refractivity contribution in [2.45, 2.75) is 51.3 Å². The van der Waals surface area contributed by atoms with Crippen LogP contribution in [-0.4, -0.2) is 49.7 Å². The van der Waals surface area contributed by atoms with Gasteiger partial charge in [-0.15, -0.1) is 18.3 Å². The van der Waals surface area contributed by atoms with Crippen LogP contribution in [0.2, 0.25) is 0 Å². The first-order chi connectivity index (χ1) is 18.3. The van der Waals surface area contributed by atoms with Crippen LogP contribution < -0.4 is 10.1 Å². The van der Waals surface area contributed by atoms with Gasteiger partial charge in [0, 0.05) is 23.9 Å². The molecule has 1 aromatic carbocycles. The smallest absolute Gasteiger partial charge is 0.464 e. The van der Waals surface area contributed by atoms with E-state index >= 15 is 0 Å². The van der Waals surface area contributed by atoms with Crippen LogP contribution in [0.25, 0.3) is 5.78 Å². The topological polar surface area (TPSA) is 80.7 Å². The number of likely N-dealkylation sites (tertiary alicyclic amines) is 1. The molecule has 8 nitrogen and oxygen atoms in total. The number of hydrogen-bond donors (Lipinski definition) is 1. The lowest BCUT2D eigenvalue weighted by Gasteiger charge is -2.11. The van der Waals surface area contributed by atoms with Gasteiger partial charge in [0.1, 0.15) is 23.1 Å². The summed E-state index contributed by atoms with van der Waals surface area (Å²) in [5.41, 5.74) is 1.33. The molecular formula is C26H29F3N6O2S. The zero-order chi connectivity index (χ0) is 26.5. The number of furan rings is 1. The average molecular weight is 547 g/mol. The summed E-state index contributed by atoms with van der Waals surface area (Å²) in [6.45, 7) is 5.05. The molecule has 38 heavy (non-hydrogen) atoms. The summed E-state index contributed by atoms with van der Waals surface area (Å²) in [6.07, 6.45) is -0.567. The number of thioether (sulfide) groups is 1. The number of hydrogen-bond acceptors (Lipinski definition) is 8. The monoisotopic (exact) mass is 546 g/mol. The molecule has 0 saturated carbocycles. The summed E-state index contributed by atoms with van der Waals surface area (Å²) < 4.78 is 48.8. The van der Waals surface area contributed by atoms with Crippen molar-refractivity contribution in [1.82, 2.24) is 24.5 Å². The summed E-state index contributed by atoms with van der Waals surface area (Å²) in [4.78, 5) is 11.4. The quantitative estimate of drug-likeness (QED) is 0.225. The predicted molar refractivity (Wildman–Crippen MR) is 140 cm³/mol. The van der Waals surface area contributed by atoms with Gasteiger partial charge in [-0.3, -0.25) is 4.90 Å². The lowest BCUT2D eigenvalue weighted by Crippen LogP contribution is -2.17. The number of fused-ring (bicyclic) bond motifs is 1. The maximum atomic E-state index is 12.4. The third kappa shape index (κ3) is 7.19. The molecule has 0 spiro atoms. The molecule has 0 unspecified atom stereocenters. The van der Waals surface area contributed by atoms with Gasteiger partial charge in [0.15, 0.2) is 5.82 Å². The molecule has 1 saturated heterocycles. The summed E-state index contributed by atoms with van der Waals surface area (Å²) >= 11 is 1.82. The fourth-order valence-electron chi connectivity index (χ4n) is 4.36. The van der Waals surface area contributed by atoms with Gasteiger partial charge < -0.3 is 14.5 Å². The Kier molecular flexibility index (Phi) is 8.08. The first-order valence-corrected chi connectivity index (χ1v) is 13.7. The Morgan fingerprint density at radius 2 is 1.82 bits per heavy atom. The van der Waals surface area contributed by atoms with Crippen molar-refractivity contribution in [2.24, 2.45) is 0 Å². The second-order valence-electron chi connectivity index (χ2n) is 9.23. The fourth-order valence-corrected chi connectivity index (χ4v) is 5.21. The van der Waals surface area contributed by atoms with E-state index < -0.39 is 6.36 Å². The fraction of sp³-hybridized carbons (Fsp3) is 0.423. The Bertz CT molecular complexity index is 1350. The van der Waals surface area contributed by atoms with Gasteiger partial charge in [0.05, 0.1) is 12.3 Å². The Balaban J connectivity index is 1.13. The first kappa shape index (κ1) is 26.4. The molecule has 1 aliphatic heterocycles. The molecule has 5 rings (SSSR count). The number of aryl methyl sites for hydroxylation is 2. The molecule has 1 N–H and O–H groups in total. The maximum absolute atomic E-state index is 12.4. The van der Waals surface area contributed by atoms with E-state index in [1.807, 2.05) is 24.8 Å². The van der Waals surface area contributed by atoms with Crippen molar-refractivity contribution >= 4 is 29.0 Å². The Hall–Kier alpha value is -3.25. The normalized spacial score (nSPS) is 14.4. The van der Waals surface area contributed by atoms with Crippen LogP contribution in [0.1, 0.15) is 42.3 Å². The van der Waals surface area contributed by atoms with E-state index in [-0.39, 0.29) is 5.75 Å². The molecule has 202 valence electrons. The number of aromatic nitrogens is 4. The minimum Gasteiger partial charge on any atom is -0.464 e. The largest absolute Gasteiger partial charge is 0.573 e. The molecule has 12 heteroatoms. The van der Waals surface area contributed by atoms with Crippen molar-refractivity contribution in [3.63, 3.8) is 0 Å². The number of ether oxygens (including phenoxy) is 1. The number of nitrogens with zero attached hydrogens (tertiary/aromatic N) is 5. The van der Waals surface area contributed by atoms with Gasteiger partial charge in [-0.1, -0.05) is 0 Å². The van der Waals surface area contributed by atoms with Crippen LogP contribution in [0.4, 0.5) is 24.7 Å². The Labute approximate surface area is 222 Å². The molecule has 4 aromatic rings. The number of nitrogens with one attached hydrogen (secondary N) is 1. The molecule has 1 aliphatic rings.